The van der Waals surface area contributed by atoms with Crippen molar-refractivity contribution in [1.82, 2.24) is 9.80 Å². The molecule has 2 aliphatic heterocycles. The minimum absolute atomic E-state index is 0.0379. The van der Waals surface area contributed by atoms with Crippen LogP contribution in [0.25, 0.3) is 5.76 Å². The molecule has 0 aromatic heterocycles. The number of methoxy groups -OCH3 is 2. The van der Waals surface area contributed by atoms with Crippen molar-refractivity contribution in [3.05, 3.63) is 64.2 Å². The Kier molecular flexibility index (Phi) is 7.95. The van der Waals surface area contributed by atoms with Crippen LogP contribution in [0.3, 0.4) is 0 Å². The second kappa shape index (κ2) is 11.1. The summed E-state index contributed by atoms with van der Waals surface area (Å²) in [6.45, 7) is 4.21. The first-order chi connectivity index (χ1) is 16.9. The molecule has 0 saturated carbocycles. The first-order valence-electron chi connectivity index (χ1n) is 11.5. The number of aliphatic hydroxyl groups excluding tert-OH is 1. The number of aliphatic hydroxyl groups is 1. The van der Waals surface area contributed by atoms with Gasteiger partial charge < -0.3 is 24.2 Å². The Morgan fingerprint density at radius 1 is 1.03 bits per heavy atom. The Bertz CT molecular complexity index is 1110. The molecule has 1 atom stereocenters. The fraction of sp³-hybridized carbons (Fsp3) is 0.385. The highest BCUT2D eigenvalue weighted by atomic mass is 35.5. The largest absolute Gasteiger partial charge is 0.507 e. The van der Waals surface area contributed by atoms with Crippen molar-refractivity contribution in [3.63, 3.8) is 0 Å². The number of likely N-dealkylation sites (tertiary alicyclic amines) is 1. The highest BCUT2D eigenvalue weighted by Gasteiger charge is 2.46. The number of rotatable bonds is 8. The molecule has 8 nitrogen and oxygen atoms in total. The van der Waals surface area contributed by atoms with E-state index in [4.69, 9.17) is 25.8 Å². The Hall–Kier alpha value is -3.07. The van der Waals surface area contributed by atoms with E-state index >= 15 is 0 Å². The molecule has 2 aromatic carbocycles. The van der Waals surface area contributed by atoms with Crippen LogP contribution in [0.4, 0.5) is 0 Å². The van der Waals surface area contributed by atoms with E-state index in [1.54, 1.807) is 42.5 Å². The van der Waals surface area contributed by atoms with E-state index in [0.717, 1.165) is 19.6 Å². The summed E-state index contributed by atoms with van der Waals surface area (Å²) < 4.78 is 16.2. The predicted octanol–water partition coefficient (Wildman–Crippen LogP) is 3.50. The van der Waals surface area contributed by atoms with Gasteiger partial charge in [0.15, 0.2) is 11.5 Å². The lowest BCUT2D eigenvalue weighted by Crippen LogP contribution is -2.38. The molecule has 9 heteroatoms. The molecule has 4 rings (SSSR count). The summed E-state index contributed by atoms with van der Waals surface area (Å²) in [7, 11) is 3.06. The van der Waals surface area contributed by atoms with Crippen molar-refractivity contribution in [2.24, 2.45) is 0 Å². The van der Waals surface area contributed by atoms with E-state index in [-0.39, 0.29) is 11.3 Å². The average Bonchev–Trinajstić information content (AvgIpc) is 3.14. The van der Waals surface area contributed by atoms with Gasteiger partial charge in [0.1, 0.15) is 5.76 Å². The number of ether oxygens (including phenoxy) is 3. The molecule has 186 valence electrons. The third-order valence-corrected chi connectivity index (χ3v) is 6.61. The van der Waals surface area contributed by atoms with Crippen molar-refractivity contribution in [3.8, 4) is 11.5 Å². The maximum atomic E-state index is 13.2. The molecule has 2 fully saturated rings. The van der Waals surface area contributed by atoms with Crippen molar-refractivity contribution < 1.29 is 28.9 Å². The monoisotopic (exact) mass is 500 g/mol. The highest BCUT2D eigenvalue weighted by molar-refractivity contribution is 6.46. The number of carbonyl (C=O) groups excluding carboxylic acids is 2. The van der Waals surface area contributed by atoms with Gasteiger partial charge in [-0.25, -0.2) is 0 Å². The van der Waals surface area contributed by atoms with Crippen LogP contribution in [0, 0.1) is 0 Å². The van der Waals surface area contributed by atoms with Crippen molar-refractivity contribution in [2.45, 2.75) is 12.5 Å². The number of amides is 1. The SMILES string of the molecule is COc1ccc([C@@H]2/C(=C(\O)c3ccc(Cl)cc3)C(=O)C(=O)N2CCCN2CCOCC2)cc1OC. The number of Topliss-reactive ketones (excluding diaryl/α,β-unsaturated/α-hetero) is 1. The lowest BCUT2D eigenvalue weighted by molar-refractivity contribution is -0.140. The third kappa shape index (κ3) is 5.29. The first-order valence-corrected chi connectivity index (χ1v) is 11.9. The van der Waals surface area contributed by atoms with Gasteiger partial charge in [-0.1, -0.05) is 17.7 Å². The van der Waals surface area contributed by atoms with Crippen molar-refractivity contribution in [2.75, 3.05) is 53.6 Å². The zero-order valence-corrected chi connectivity index (χ0v) is 20.6. The van der Waals surface area contributed by atoms with Gasteiger partial charge in [-0.2, -0.15) is 0 Å². The topological polar surface area (TPSA) is 88.5 Å². The lowest BCUT2D eigenvalue weighted by Gasteiger charge is -2.29. The van der Waals surface area contributed by atoms with Crippen LogP contribution in [-0.4, -0.2) is 80.2 Å². The van der Waals surface area contributed by atoms with Gasteiger partial charge in [0.25, 0.3) is 11.7 Å². The van der Waals surface area contributed by atoms with Gasteiger partial charge in [-0.15, -0.1) is 0 Å². The van der Waals surface area contributed by atoms with E-state index in [9.17, 15) is 14.7 Å². The van der Waals surface area contributed by atoms with Gasteiger partial charge in [0.05, 0.1) is 39.0 Å². The summed E-state index contributed by atoms with van der Waals surface area (Å²) in [5.74, 6) is -0.602. The Morgan fingerprint density at radius 3 is 2.37 bits per heavy atom. The molecule has 1 amide bonds. The molecule has 0 radical (unpaired) electrons. The van der Waals surface area contributed by atoms with E-state index < -0.39 is 17.7 Å². The lowest BCUT2D eigenvalue weighted by atomic mass is 9.95. The summed E-state index contributed by atoms with van der Waals surface area (Å²) in [6, 6.07) is 11.0. The van der Waals surface area contributed by atoms with Gasteiger partial charge in [0, 0.05) is 36.8 Å². The first kappa shape index (κ1) is 25.0. The summed E-state index contributed by atoms with van der Waals surface area (Å²) >= 11 is 5.99. The standard InChI is InChI=1S/C26H29ClN2O6/c1-33-20-9-6-18(16-21(20)34-2)23-22(24(30)17-4-7-19(27)8-5-17)25(31)26(32)29(23)11-3-10-28-12-14-35-15-13-28/h4-9,16,23,30H,3,10-15H2,1-2H3/b24-22+/t23-/m1/s1. The van der Waals surface area contributed by atoms with Gasteiger partial charge in [-0.3, -0.25) is 14.5 Å². The normalized spacial score (nSPS) is 20.3. The molecule has 35 heavy (non-hydrogen) atoms. The van der Waals surface area contributed by atoms with E-state index in [1.165, 1.54) is 19.1 Å². The molecule has 2 aliphatic rings. The van der Waals surface area contributed by atoms with Crippen molar-refractivity contribution in [1.29, 1.82) is 0 Å². The molecule has 2 saturated heterocycles. The average molecular weight is 501 g/mol. The molecular weight excluding hydrogens is 472 g/mol. The number of ketones is 1. The highest BCUT2D eigenvalue weighted by Crippen LogP contribution is 2.42. The fourth-order valence-corrected chi connectivity index (χ4v) is 4.66. The maximum absolute atomic E-state index is 13.2. The van der Waals surface area contributed by atoms with Crippen LogP contribution in [0.2, 0.25) is 5.02 Å². The number of benzene rings is 2. The molecule has 0 spiro atoms. The third-order valence-electron chi connectivity index (χ3n) is 6.36. The second-order valence-corrected chi connectivity index (χ2v) is 8.86. The molecule has 2 heterocycles. The molecule has 2 aromatic rings. The van der Waals surface area contributed by atoms with Crippen LogP contribution >= 0.6 is 11.6 Å². The van der Waals surface area contributed by atoms with E-state index in [1.807, 2.05) is 0 Å². The molecule has 0 bridgehead atoms. The van der Waals surface area contributed by atoms with Crippen LogP contribution in [0.15, 0.2) is 48.0 Å². The van der Waals surface area contributed by atoms with Gasteiger partial charge >= 0.3 is 0 Å². The van der Waals surface area contributed by atoms with Crippen molar-refractivity contribution >= 4 is 29.1 Å². The van der Waals surface area contributed by atoms with Gasteiger partial charge in [0.2, 0.25) is 0 Å². The van der Waals surface area contributed by atoms with E-state index in [0.29, 0.717) is 53.8 Å². The molecule has 0 aliphatic carbocycles. The number of hydrogen-bond donors (Lipinski definition) is 1. The quantitative estimate of drug-likeness (QED) is 0.337. The summed E-state index contributed by atoms with van der Waals surface area (Å²) in [5, 5.41) is 11.7. The molecule has 0 unspecified atom stereocenters. The van der Waals surface area contributed by atoms with E-state index in [2.05, 4.69) is 4.90 Å². The zero-order chi connectivity index (χ0) is 24.9. The minimum atomic E-state index is -0.768. The maximum Gasteiger partial charge on any atom is 0.295 e. The fourth-order valence-electron chi connectivity index (χ4n) is 4.53. The van der Waals surface area contributed by atoms with Crippen LogP contribution < -0.4 is 9.47 Å². The number of hydrogen-bond acceptors (Lipinski definition) is 7. The summed E-state index contributed by atoms with van der Waals surface area (Å²) in [4.78, 5) is 30.2. The number of carbonyl (C=O) groups is 2. The molecule has 1 N–H and O–H groups in total. The minimum Gasteiger partial charge on any atom is -0.507 e. The van der Waals surface area contributed by atoms with Gasteiger partial charge in [-0.05, 0) is 48.4 Å². The smallest absolute Gasteiger partial charge is 0.295 e. The summed E-state index contributed by atoms with van der Waals surface area (Å²) in [5.41, 5.74) is 1.09. The van der Waals surface area contributed by atoms with Crippen LogP contribution in [0.5, 0.6) is 11.5 Å². The number of morpholine rings is 1. The number of halogens is 1. The zero-order valence-electron chi connectivity index (χ0n) is 19.8. The Morgan fingerprint density at radius 2 is 1.71 bits per heavy atom. The van der Waals surface area contributed by atoms with Crippen LogP contribution in [0.1, 0.15) is 23.6 Å². The number of nitrogens with zero attached hydrogens (tertiary/aromatic N) is 2. The predicted molar refractivity (Wildman–Crippen MR) is 132 cm³/mol. The Balaban J connectivity index is 1.71. The summed E-state index contributed by atoms with van der Waals surface area (Å²) in [6.07, 6.45) is 0.678. The Labute approximate surface area is 209 Å². The second-order valence-electron chi connectivity index (χ2n) is 8.42. The molecular formula is C26H29ClN2O6. The van der Waals surface area contributed by atoms with Crippen LogP contribution in [-0.2, 0) is 14.3 Å².